The van der Waals surface area contributed by atoms with Gasteiger partial charge in [0.2, 0.25) is 5.91 Å². The third-order valence-electron chi connectivity index (χ3n) is 2.35. The van der Waals surface area contributed by atoms with E-state index in [2.05, 4.69) is 0 Å². The highest BCUT2D eigenvalue weighted by Gasteiger charge is 2.10. The zero-order valence-corrected chi connectivity index (χ0v) is 9.98. The second-order valence-corrected chi connectivity index (χ2v) is 4.22. The molecule has 0 saturated heterocycles. The molecule has 17 heavy (non-hydrogen) atoms. The molecule has 1 unspecified atom stereocenters. The van der Waals surface area contributed by atoms with E-state index < -0.39 is 12.0 Å². The molecule has 0 heterocycles. The number of nitrogens with two attached hydrogens (primary N) is 1. The van der Waals surface area contributed by atoms with Crippen molar-refractivity contribution in [1.29, 1.82) is 0 Å². The second-order valence-electron chi connectivity index (χ2n) is 4.22. The molecular formula is C12H17FN2O2. The number of aliphatic hydroxyl groups is 1. The van der Waals surface area contributed by atoms with Gasteiger partial charge in [0.25, 0.3) is 0 Å². The van der Waals surface area contributed by atoms with Crippen LogP contribution >= 0.6 is 0 Å². The Morgan fingerprint density at radius 3 is 2.76 bits per heavy atom. The van der Waals surface area contributed by atoms with E-state index in [1.165, 1.54) is 18.2 Å². The quantitative estimate of drug-likeness (QED) is 0.797. The summed E-state index contributed by atoms with van der Waals surface area (Å²) in [6.07, 6.45) is -0.484. The number of benzene rings is 1. The molecule has 1 atom stereocenters. The maximum atomic E-state index is 13.5. The van der Waals surface area contributed by atoms with Crippen molar-refractivity contribution in [1.82, 2.24) is 4.90 Å². The van der Waals surface area contributed by atoms with E-state index in [0.717, 1.165) is 0 Å². The first-order valence-electron chi connectivity index (χ1n) is 5.35. The fourth-order valence-corrected chi connectivity index (χ4v) is 1.66. The van der Waals surface area contributed by atoms with Crippen LogP contribution in [0.4, 0.5) is 4.39 Å². The van der Waals surface area contributed by atoms with Crippen molar-refractivity contribution in [2.45, 2.75) is 19.6 Å². The Kier molecular flexibility index (Phi) is 4.60. The molecule has 0 aliphatic carbocycles. The molecule has 0 spiro atoms. The highest BCUT2D eigenvalue weighted by Crippen LogP contribution is 2.12. The van der Waals surface area contributed by atoms with Gasteiger partial charge in [0.15, 0.2) is 0 Å². The fraction of sp³-hybridized carbons (Fsp3) is 0.417. The summed E-state index contributed by atoms with van der Waals surface area (Å²) in [6.45, 7) is 2.41. The van der Waals surface area contributed by atoms with E-state index in [0.29, 0.717) is 18.7 Å². The Hall–Kier alpha value is -1.46. The monoisotopic (exact) mass is 240 g/mol. The number of carbonyl (C=O) groups excluding carboxylic acids is 1. The lowest BCUT2D eigenvalue weighted by atomic mass is 10.1. The molecule has 0 aromatic heterocycles. The zero-order chi connectivity index (χ0) is 13.0. The van der Waals surface area contributed by atoms with Crippen LogP contribution in [-0.2, 0) is 6.54 Å². The van der Waals surface area contributed by atoms with Crippen molar-refractivity contribution < 1.29 is 14.3 Å². The Labute approximate surface area is 99.8 Å². The SMILES string of the molecule is CC(O)CN(C)Cc1cc(C(N)=O)ccc1F. The van der Waals surface area contributed by atoms with Crippen molar-refractivity contribution in [3.8, 4) is 0 Å². The number of halogens is 1. The van der Waals surface area contributed by atoms with Crippen molar-refractivity contribution in [3.05, 3.63) is 35.1 Å². The minimum Gasteiger partial charge on any atom is -0.392 e. The van der Waals surface area contributed by atoms with Crippen LogP contribution in [0.15, 0.2) is 18.2 Å². The zero-order valence-electron chi connectivity index (χ0n) is 9.98. The molecule has 4 nitrogen and oxygen atoms in total. The first-order valence-corrected chi connectivity index (χ1v) is 5.35. The number of hydrogen-bond donors (Lipinski definition) is 2. The predicted octanol–water partition coefficient (Wildman–Crippen LogP) is 0.737. The van der Waals surface area contributed by atoms with Gasteiger partial charge in [-0.1, -0.05) is 0 Å². The molecule has 3 N–H and O–H groups in total. The maximum absolute atomic E-state index is 13.5. The van der Waals surface area contributed by atoms with Crippen LogP contribution in [0.3, 0.4) is 0 Å². The van der Waals surface area contributed by atoms with E-state index in [-0.39, 0.29) is 11.4 Å². The summed E-state index contributed by atoms with van der Waals surface area (Å²) in [5.74, 6) is -0.961. The number of aliphatic hydroxyl groups excluding tert-OH is 1. The lowest BCUT2D eigenvalue weighted by Gasteiger charge is -2.18. The van der Waals surface area contributed by atoms with Crippen LogP contribution in [0.2, 0.25) is 0 Å². The minimum absolute atomic E-state index is 0.284. The second kappa shape index (κ2) is 5.75. The molecule has 0 fully saturated rings. The van der Waals surface area contributed by atoms with E-state index in [1.807, 2.05) is 0 Å². The van der Waals surface area contributed by atoms with Crippen LogP contribution in [0, 0.1) is 5.82 Å². The molecule has 0 aliphatic heterocycles. The molecule has 1 aromatic rings. The summed E-state index contributed by atoms with van der Waals surface area (Å²) < 4.78 is 13.5. The number of hydrogen-bond acceptors (Lipinski definition) is 3. The number of rotatable bonds is 5. The summed E-state index contributed by atoms with van der Waals surface area (Å²) in [4.78, 5) is 12.7. The predicted molar refractivity (Wildman–Crippen MR) is 62.9 cm³/mol. The molecule has 0 bridgehead atoms. The smallest absolute Gasteiger partial charge is 0.248 e. The van der Waals surface area contributed by atoms with Gasteiger partial charge in [0.1, 0.15) is 5.82 Å². The van der Waals surface area contributed by atoms with Crippen molar-refractivity contribution in [2.75, 3.05) is 13.6 Å². The summed E-state index contributed by atoms with van der Waals surface area (Å²) in [6, 6.07) is 4.03. The number of likely N-dealkylation sites (N-methyl/N-ethyl adjacent to an activating group) is 1. The summed E-state index contributed by atoms with van der Waals surface area (Å²) in [5, 5.41) is 9.20. The van der Waals surface area contributed by atoms with Gasteiger partial charge in [-0.25, -0.2) is 4.39 Å². The average Bonchev–Trinajstić information content (AvgIpc) is 2.19. The minimum atomic E-state index is -0.579. The lowest BCUT2D eigenvalue weighted by Crippen LogP contribution is -2.27. The van der Waals surface area contributed by atoms with E-state index in [4.69, 9.17) is 5.73 Å². The topological polar surface area (TPSA) is 66.6 Å². The Balaban J connectivity index is 2.82. The number of amides is 1. The number of carbonyl (C=O) groups is 1. The van der Waals surface area contributed by atoms with Crippen LogP contribution < -0.4 is 5.73 Å². The number of primary amides is 1. The van der Waals surface area contributed by atoms with Crippen LogP contribution in [0.5, 0.6) is 0 Å². The summed E-state index contributed by atoms with van der Waals surface area (Å²) in [5.41, 5.74) is 5.81. The largest absolute Gasteiger partial charge is 0.392 e. The maximum Gasteiger partial charge on any atom is 0.248 e. The third kappa shape index (κ3) is 4.13. The fourth-order valence-electron chi connectivity index (χ4n) is 1.66. The van der Waals surface area contributed by atoms with Gasteiger partial charge in [0, 0.05) is 24.2 Å². The summed E-state index contributed by atoms with van der Waals surface area (Å²) in [7, 11) is 1.77. The standard InChI is InChI=1S/C12H17FN2O2/c1-8(16)6-15(2)7-10-5-9(12(14)17)3-4-11(10)13/h3-5,8,16H,6-7H2,1-2H3,(H2,14,17). The van der Waals surface area contributed by atoms with Crippen LogP contribution in [0.1, 0.15) is 22.8 Å². The Morgan fingerprint density at radius 1 is 1.59 bits per heavy atom. The molecule has 1 rings (SSSR count). The first-order chi connectivity index (χ1) is 7.90. The molecular weight excluding hydrogens is 223 g/mol. The highest BCUT2D eigenvalue weighted by atomic mass is 19.1. The molecule has 5 heteroatoms. The summed E-state index contributed by atoms with van der Waals surface area (Å²) >= 11 is 0. The van der Waals surface area contributed by atoms with Gasteiger partial charge in [-0.2, -0.15) is 0 Å². The van der Waals surface area contributed by atoms with Gasteiger partial charge >= 0.3 is 0 Å². The van der Waals surface area contributed by atoms with E-state index in [9.17, 15) is 14.3 Å². The van der Waals surface area contributed by atoms with Crippen molar-refractivity contribution in [2.24, 2.45) is 5.73 Å². The van der Waals surface area contributed by atoms with Crippen LogP contribution in [0.25, 0.3) is 0 Å². The third-order valence-corrected chi connectivity index (χ3v) is 2.35. The lowest BCUT2D eigenvalue weighted by molar-refractivity contribution is 0.0999. The molecule has 0 saturated carbocycles. The van der Waals surface area contributed by atoms with E-state index >= 15 is 0 Å². The first kappa shape index (κ1) is 13.6. The van der Waals surface area contributed by atoms with Crippen LogP contribution in [-0.4, -0.2) is 35.6 Å². The van der Waals surface area contributed by atoms with Gasteiger partial charge < -0.3 is 10.8 Å². The van der Waals surface area contributed by atoms with Gasteiger partial charge in [0.05, 0.1) is 6.10 Å². The normalized spacial score (nSPS) is 12.8. The molecule has 0 radical (unpaired) electrons. The molecule has 0 aliphatic rings. The Morgan fingerprint density at radius 2 is 2.24 bits per heavy atom. The molecule has 94 valence electrons. The van der Waals surface area contributed by atoms with Gasteiger partial charge in [-0.05, 0) is 32.2 Å². The van der Waals surface area contributed by atoms with Crippen molar-refractivity contribution in [3.63, 3.8) is 0 Å². The Bertz CT molecular complexity index is 407. The number of nitrogens with zero attached hydrogens (tertiary/aromatic N) is 1. The van der Waals surface area contributed by atoms with Gasteiger partial charge in [-0.3, -0.25) is 9.69 Å². The van der Waals surface area contributed by atoms with Gasteiger partial charge in [-0.15, -0.1) is 0 Å². The van der Waals surface area contributed by atoms with Crippen molar-refractivity contribution >= 4 is 5.91 Å². The molecule has 1 amide bonds. The molecule has 1 aromatic carbocycles. The van der Waals surface area contributed by atoms with E-state index in [1.54, 1.807) is 18.9 Å². The highest BCUT2D eigenvalue weighted by molar-refractivity contribution is 5.92. The average molecular weight is 240 g/mol.